The van der Waals surface area contributed by atoms with Gasteiger partial charge in [-0.3, -0.25) is 9.67 Å². The molecular weight excluding hydrogens is 332 g/mol. The molecule has 1 N–H and O–H groups in total. The monoisotopic (exact) mass is 364 g/mol. The summed E-state index contributed by atoms with van der Waals surface area (Å²) < 4.78 is 7.20. The summed E-state index contributed by atoms with van der Waals surface area (Å²) >= 11 is 0. The number of carbonyl (C=O) groups excluding carboxylic acids is 1. The average Bonchev–Trinajstić information content (AvgIpc) is 3.18. The van der Waals surface area contributed by atoms with Crippen LogP contribution in [0.25, 0.3) is 0 Å². The number of likely N-dealkylation sites (tertiary alicyclic amines) is 1. The van der Waals surface area contributed by atoms with Crippen LogP contribution in [0.4, 0.5) is 4.79 Å². The highest BCUT2D eigenvalue weighted by molar-refractivity contribution is 5.80. The number of aryl methyl sites for hydroxylation is 1. The van der Waals surface area contributed by atoms with E-state index in [2.05, 4.69) is 26.5 Å². The van der Waals surface area contributed by atoms with Crippen LogP contribution < -0.4 is 5.32 Å². The van der Waals surface area contributed by atoms with Gasteiger partial charge in [-0.25, -0.2) is 4.79 Å². The fraction of sp³-hybridized carbons (Fsp3) is 0.722. The Labute approximate surface area is 156 Å². The number of likely N-dealkylation sites (N-methyl/N-ethyl adjacent to an activating group) is 1. The minimum Gasteiger partial charge on any atom is -0.444 e. The van der Waals surface area contributed by atoms with Crippen LogP contribution in [0.5, 0.6) is 0 Å². The number of aromatic nitrogens is 2. The summed E-state index contributed by atoms with van der Waals surface area (Å²) in [6, 6.07) is 0. The first-order valence-electron chi connectivity index (χ1n) is 9.08. The van der Waals surface area contributed by atoms with E-state index in [4.69, 9.17) is 4.74 Å². The zero-order chi connectivity index (χ0) is 19.3. The zero-order valence-corrected chi connectivity index (χ0v) is 16.8. The highest BCUT2D eigenvalue weighted by Crippen LogP contribution is 2.26. The van der Waals surface area contributed by atoms with Gasteiger partial charge in [0.05, 0.1) is 6.20 Å². The van der Waals surface area contributed by atoms with Crippen LogP contribution in [0.2, 0.25) is 0 Å². The molecule has 1 aromatic heterocycles. The van der Waals surface area contributed by atoms with Gasteiger partial charge in [-0.1, -0.05) is 0 Å². The molecule has 1 aliphatic heterocycles. The summed E-state index contributed by atoms with van der Waals surface area (Å²) in [6.45, 7) is 8.65. The van der Waals surface area contributed by atoms with E-state index in [0.29, 0.717) is 19.0 Å². The summed E-state index contributed by atoms with van der Waals surface area (Å²) in [6.07, 6.45) is 4.80. The van der Waals surface area contributed by atoms with Gasteiger partial charge in [0.25, 0.3) is 0 Å². The molecule has 1 saturated heterocycles. The second-order valence-corrected chi connectivity index (χ2v) is 7.75. The van der Waals surface area contributed by atoms with Gasteiger partial charge in [0.1, 0.15) is 5.60 Å². The Hall–Kier alpha value is -2.25. The van der Waals surface area contributed by atoms with E-state index < -0.39 is 5.60 Å². The van der Waals surface area contributed by atoms with Gasteiger partial charge in [-0.05, 0) is 32.8 Å². The molecule has 8 heteroatoms. The summed E-state index contributed by atoms with van der Waals surface area (Å²) in [7, 11) is 5.47. The second kappa shape index (κ2) is 8.42. The second-order valence-electron chi connectivity index (χ2n) is 7.75. The van der Waals surface area contributed by atoms with E-state index in [0.717, 1.165) is 25.5 Å². The van der Waals surface area contributed by atoms with Gasteiger partial charge in [-0.15, -0.1) is 0 Å². The topological polar surface area (TPSA) is 75.0 Å². The van der Waals surface area contributed by atoms with Gasteiger partial charge < -0.3 is 19.9 Å². The number of ether oxygens (including phenoxy) is 1. The number of hydrogen-bond donors (Lipinski definition) is 1. The largest absolute Gasteiger partial charge is 0.444 e. The molecule has 26 heavy (non-hydrogen) atoms. The highest BCUT2D eigenvalue weighted by atomic mass is 16.6. The van der Waals surface area contributed by atoms with Gasteiger partial charge in [-0.2, -0.15) is 5.10 Å². The van der Waals surface area contributed by atoms with Crippen LogP contribution in [0.3, 0.4) is 0 Å². The zero-order valence-electron chi connectivity index (χ0n) is 16.8. The Morgan fingerprint density at radius 3 is 2.81 bits per heavy atom. The average molecular weight is 364 g/mol. The third kappa shape index (κ3) is 5.64. The molecule has 0 bridgehead atoms. The SMILES string of the molecule is CN=C(NCCN(C)C(=O)OC(C)(C)C)N1CCC(c2cnn(C)c2)C1. The molecule has 0 aromatic carbocycles. The lowest BCUT2D eigenvalue weighted by molar-refractivity contribution is 0.0302. The number of guanidine groups is 1. The maximum absolute atomic E-state index is 12.0. The van der Waals surface area contributed by atoms with Gasteiger partial charge in [0, 0.05) is 59.4 Å². The number of amides is 1. The number of carbonyl (C=O) groups is 1. The lowest BCUT2D eigenvalue weighted by Gasteiger charge is -2.26. The third-order valence-corrected chi connectivity index (χ3v) is 4.33. The Bertz CT molecular complexity index is 634. The van der Waals surface area contributed by atoms with Crippen molar-refractivity contribution >= 4 is 12.1 Å². The Balaban J connectivity index is 1.79. The molecule has 1 amide bonds. The molecule has 1 fully saturated rings. The highest BCUT2D eigenvalue weighted by Gasteiger charge is 2.27. The van der Waals surface area contributed by atoms with Gasteiger partial charge in [0.15, 0.2) is 5.96 Å². The first kappa shape index (κ1) is 20.1. The first-order valence-corrected chi connectivity index (χ1v) is 9.08. The molecule has 0 radical (unpaired) electrons. The quantitative estimate of drug-likeness (QED) is 0.649. The van der Waals surface area contributed by atoms with Crippen molar-refractivity contribution in [1.29, 1.82) is 0 Å². The molecule has 1 atom stereocenters. The molecule has 146 valence electrons. The molecular formula is C18H32N6O2. The fourth-order valence-electron chi connectivity index (χ4n) is 2.97. The molecule has 8 nitrogen and oxygen atoms in total. The van der Waals surface area contributed by atoms with Gasteiger partial charge >= 0.3 is 6.09 Å². The fourth-order valence-corrected chi connectivity index (χ4v) is 2.97. The molecule has 2 rings (SSSR count). The van der Waals surface area contributed by atoms with E-state index >= 15 is 0 Å². The molecule has 1 aliphatic rings. The molecule has 1 unspecified atom stereocenters. The van der Waals surface area contributed by atoms with E-state index in [-0.39, 0.29) is 6.09 Å². The summed E-state index contributed by atoms with van der Waals surface area (Å²) in [5.41, 5.74) is 0.793. The van der Waals surface area contributed by atoms with Crippen LogP contribution >= 0.6 is 0 Å². The lowest BCUT2D eigenvalue weighted by Crippen LogP contribution is -2.44. The number of nitrogens with zero attached hydrogens (tertiary/aromatic N) is 5. The number of nitrogens with one attached hydrogen (secondary N) is 1. The lowest BCUT2D eigenvalue weighted by atomic mass is 10.0. The maximum atomic E-state index is 12.0. The molecule has 0 saturated carbocycles. The van der Waals surface area contributed by atoms with Crippen molar-refractivity contribution in [3.8, 4) is 0 Å². The predicted molar refractivity (Wildman–Crippen MR) is 102 cm³/mol. The van der Waals surface area contributed by atoms with Crippen molar-refractivity contribution in [2.75, 3.05) is 40.3 Å². The molecule has 2 heterocycles. The van der Waals surface area contributed by atoms with E-state index in [1.807, 2.05) is 38.7 Å². The van der Waals surface area contributed by atoms with Crippen molar-refractivity contribution in [3.63, 3.8) is 0 Å². The van der Waals surface area contributed by atoms with Crippen LogP contribution in [0.15, 0.2) is 17.4 Å². The standard InChI is InChI=1S/C18H32N6O2/c1-18(2,3)26-17(25)22(5)10-8-20-16(19-4)24-9-7-14(13-24)15-11-21-23(6)12-15/h11-12,14H,7-10,13H2,1-6H3,(H,19,20). The van der Waals surface area contributed by atoms with Gasteiger partial charge in [0.2, 0.25) is 0 Å². The van der Waals surface area contributed by atoms with Crippen molar-refractivity contribution in [2.24, 2.45) is 12.0 Å². The minimum atomic E-state index is -0.480. The Morgan fingerprint density at radius 1 is 1.50 bits per heavy atom. The number of hydrogen-bond acceptors (Lipinski definition) is 4. The van der Waals surface area contributed by atoms with Crippen molar-refractivity contribution in [3.05, 3.63) is 18.0 Å². The van der Waals surface area contributed by atoms with Crippen LogP contribution in [0.1, 0.15) is 38.7 Å². The summed E-state index contributed by atoms with van der Waals surface area (Å²) in [5.74, 6) is 1.35. The van der Waals surface area contributed by atoms with Crippen molar-refractivity contribution in [2.45, 2.75) is 38.7 Å². The minimum absolute atomic E-state index is 0.313. The van der Waals surface area contributed by atoms with Crippen LogP contribution in [-0.2, 0) is 11.8 Å². The predicted octanol–water partition coefficient (Wildman–Crippen LogP) is 1.65. The smallest absolute Gasteiger partial charge is 0.410 e. The molecule has 1 aromatic rings. The summed E-state index contributed by atoms with van der Waals surface area (Å²) in [4.78, 5) is 20.2. The number of rotatable bonds is 4. The van der Waals surface area contributed by atoms with E-state index in [1.165, 1.54) is 5.56 Å². The third-order valence-electron chi connectivity index (χ3n) is 4.33. The first-order chi connectivity index (χ1) is 12.2. The Morgan fingerprint density at radius 2 is 2.23 bits per heavy atom. The van der Waals surface area contributed by atoms with E-state index in [9.17, 15) is 4.79 Å². The van der Waals surface area contributed by atoms with Crippen LogP contribution in [-0.4, -0.2) is 77.5 Å². The van der Waals surface area contributed by atoms with Crippen LogP contribution in [0, 0.1) is 0 Å². The normalized spacial score (nSPS) is 18.2. The number of aliphatic imine (C=N–C) groups is 1. The van der Waals surface area contributed by atoms with Crippen molar-refractivity contribution < 1.29 is 9.53 Å². The maximum Gasteiger partial charge on any atom is 0.410 e. The molecule has 0 spiro atoms. The molecule has 0 aliphatic carbocycles. The van der Waals surface area contributed by atoms with E-state index in [1.54, 1.807) is 19.0 Å². The Kier molecular flexibility index (Phi) is 6.50. The van der Waals surface area contributed by atoms with Crippen molar-refractivity contribution in [1.82, 2.24) is 24.9 Å². The summed E-state index contributed by atoms with van der Waals surface area (Å²) in [5, 5.41) is 7.61.